The summed E-state index contributed by atoms with van der Waals surface area (Å²) in [4.78, 5) is 4.14. The van der Waals surface area contributed by atoms with Gasteiger partial charge in [0.15, 0.2) is 17.4 Å². The lowest BCUT2D eigenvalue weighted by atomic mass is 10.4. The molecule has 0 bridgehead atoms. The number of aliphatic imine (C=N–C) groups is 1. The van der Waals surface area contributed by atoms with Crippen molar-refractivity contribution in [3.8, 4) is 0 Å². The van der Waals surface area contributed by atoms with E-state index >= 15 is 0 Å². The molecule has 0 unspecified atom stereocenters. The molecule has 6 nitrogen and oxygen atoms in total. The first-order chi connectivity index (χ1) is 8.85. The number of fused-ring (bicyclic) bond motifs is 1. The third-order valence-electron chi connectivity index (χ3n) is 2.56. The summed E-state index contributed by atoms with van der Waals surface area (Å²) in [6.45, 7) is 3.61. The molecule has 0 aromatic carbocycles. The Morgan fingerprint density at radius 2 is 2.16 bits per heavy atom. The first kappa shape index (κ1) is 15.7. The van der Waals surface area contributed by atoms with Gasteiger partial charge in [0.2, 0.25) is 0 Å². The van der Waals surface area contributed by atoms with Crippen LogP contribution < -0.4 is 10.6 Å². The van der Waals surface area contributed by atoms with Gasteiger partial charge in [-0.2, -0.15) is 0 Å². The number of aromatic nitrogens is 3. The third-order valence-corrected chi connectivity index (χ3v) is 2.56. The van der Waals surface area contributed by atoms with Crippen LogP contribution in [-0.4, -0.2) is 34.2 Å². The lowest BCUT2D eigenvalue weighted by molar-refractivity contribution is 0.751. The van der Waals surface area contributed by atoms with Gasteiger partial charge in [0, 0.05) is 19.8 Å². The van der Waals surface area contributed by atoms with E-state index in [1.807, 2.05) is 28.8 Å². The van der Waals surface area contributed by atoms with Crippen molar-refractivity contribution in [1.29, 1.82) is 0 Å². The second-order valence-electron chi connectivity index (χ2n) is 3.90. The molecule has 2 rings (SSSR count). The van der Waals surface area contributed by atoms with Gasteiger partial charge in [-0.1, -0.05) is 13.0 Å². The molecule has 0 aliphatic heterocycles. The van der Waals surface area contributed by atoms with Crippen molar-refractivity contribution >= 4 is 35.6 Å². The van der Waals surface area contributed by atoms with Gasteiger partial charge in [-0.3, -0.25) is 9.39 Å². The van der Waals surface area contributed by atoms with Crippen molar-refractivity contribution in [2.45, 2.75) is 19.9 Å². The average molecular weight is 374 g/mol. The van der Waals surface area contributed by atoms with Gasteiger partial charge < -0.3 is 10.6 Å². The largest absolute Gasteiger partial charge is 0.356 e. The third kappa shape index (κ3) is 4.05. The number of nitrogens with zero attached hydrogens (tertiary/aromatic N) is 4. The minimum atomic E-state index is 0. The van der Waals surface area contributed by atoms with Gasteiger partial charge in [-0.05, 0) is 18.6 Å². The van der Waals surface area contributed by atoms with Crippen LogP contribution in [0.15, 0.2) is 29.4 Å². The maximum atomic E-state index is 4.15. The van der Waals surface area contributed by atoms with Gasteiger partial charge >= 0.3 is 0 Å². The standard InChI is InChI=1S/C12H18N6.HI/c1-3-7-14-12(13-2)15-9-11-17-16-10-6-4-5-8-18(10)11;/h4-6,8H,3,7,9H2,1-2H3,(H2,13,14,15);1H. The van der Waals surface area contributed by atoms with Crippen LogP contribution in [0.25, 0.3) is 5.65 Å². The lowest BCUT2D eigenvalue weighted by Crippen LogP contribution is -2.37. The molecule has 0 fully saturated rings. The number of pyridine rings is 1. The van der Waals surface area contributed by atoms with Crippen molar-refractivity contribution in [2.75, 3.05) is 13.6 Å². The molecule has 104 valence electrons. The van der Waals surface area contributed by atoms with E-state index in [9.17, 15) is 0 Å². The summed E-state index contributed by atoms with van der Waals surface area (Å²) in [7, 11) is 1.76. The lowest BCUT2D eigenvalue weighted by Gasteiger charge is -2.09. The van der Waals surface area contributed by atoms with Crippen molar-refractivity contribution in [2.24, 2.45) is 4.99 Å². The van der Waals surface area contributed by atoms with Crippen molar-refractivity contribution < 1.29 is 0 Å². The van der Waals surface area contributed by atoms with Crippen LogP contribution in [0.1, 0.15) is 19.2 Å². The number of nitrogens with one attached hydrogen (secondary N) is 2. The molecule has 0 amide bonds. The molecule has 0 spiro atoms. The summed E-state index contributed by atoms with van der Waals surface area (Å²) >= 11 is 0. The molecule has 0 aliphatic rings. The number of rotatable bonds is 4. The molecule has 0 aliphatic carbocycles. The fraction of sp³-hybridized carbons (Fsp3) is 0.417. The van der Waals surface area contributed by atoms with Crippen LogP contribution in [-0.2, 0) is 6.54 Å². The highest BCUT2D eigenvalue weighted by Gasteiger charge is 2.04. The molecule has 0 saturated carbocycles. The van der Waals surface area contributed by atoms with E-state index in [0.29, 0.717) is 6.54 Å². The SMILES string of the molecule is CCCNC(=NC)NCc1nnc2ccccn12.I. The summed E-state index contributed by atoms with van der Waals surface area (Å²) in [5.74, 6) is 1.65. The molecule has 7 heteroatoms. The van der Waals surface area contributed by atoms with Crippen LogP contribution in [0, 0.1) is 0 Å². The first-order valence-electron chi connectivity index (χ1n) is 6.08. The Hall–Kier alpha value is -1.38. The highest BCUT2D eigenvalue weighted by Crippen LogP contribution is 2.01. The summed E-state index contributed by atoms with van der Waals surface area (Å²) in [5.41, 5.74) is 0.853. The summed E-state index contributed by atoms with van der Waals surface area (Å²) in [6.07, 6.45) is 3.02. The van der Waals surface area contributed by atoms with Crippen molar-refractivity contribution in [3.63, 3.8) is 0 Å². The van der Waals surface area contributed by atoms with E-state index in [1.165, 1.54) is 0 Å². The van der Waals surface area contributed by atoms with E-state index in [2.05, 4.69) is 32.7 Å². The Balaban J connectivity index is 0.00000180. The second-order valence-corrected chi connectivity index (χ2v) is 3.90. The minimum absolute atomic E-state index is 0. The number of hydrogen-bond donors (Lipinski definition) is 2. The fourth-order valence-electron chi connectivity index (χ4n) is 1.64. The molecule has 2 aromatic heterocycles. The topological polar surface area (TPSA) is 66.6 Å². The second kappa shape index (κ2) is 7.93. The van der Waals surface area contributed by atoms with Crippen molar-refractivity contribution in [1.82, 2.24) is 25.2 Å². The Kier molecular flexibility index (Phi) is 6.54. The highest BCUT2D eigenvalue weighted by atomic mass is 127. The Bertz CT molecular complexity index is 536. The number of hydrogen-bond acceptors (Lipinski definition) is 3. The van der Waals surface area contributed by atoms with Gasteiger partial charge in [0.1, 0.15) is 0 Å². The molecule has 2 heterocycles. The molecule has 0 radical (unpaired) electrons. The van der Waals surface area contributed by atoms with Gasteiger partial charge in [0.05, 0.1) is 6.54 Å². The maximum absolute atomic E-state index is 4.15. The Labute approximate surface area is 129 Å². The van der Waals surface area contributed by atoms with Gasteiger partial charge in [0.25, 0.3) is 0 Å². The number of halogens is 1. The molecular formula is C12H19IN6. The monoisotopic (exact) mass is 374 g/mol. The summed E-state index contributed by atoms with van der Waals surface area (Å²) in [6, 6.07) is 5.84. The quantitative estimate of drug-likeness (QED) is 0.483. The number of guanidine groups is 1. The Morgan fingerprint density at radius 3 is 2.89 bits per heavy atom. The van der Waals surface area contributed by atoms with Crippen LogP contribution in [0.4, 0.5) is 0 Å². The summed E-state index contributed by atoms with van der Waals surface area (Å²) in [5, 5.41) is 14.7. The Morgan fingerprint density at radius 1 is 1.32 bits per heavy atom. The van der Waals surface area contributed by atoms with E-state index in [0.717, 1.165) is 30.4 Å². The van der Waals surface area contributed by atoms with Crippen LogP contribution in [0.5, 0.6) is 0 Å². The smallest absolute Gasteiger partial charge is 0.191 e. The highest BCUT2D eigenvalue weighted by molar-refractivity contribution is 14.0. The van der Waals surface area contributed by atoms with E-state index in [1.54, 1.807) is 7.05 Å². The van der Waals surface area contributed by atoms with Crippen molar-refractivity contribution in [3.05, 3.63) is 30.2 Å². The predicted octanol–water partition coefficient (Wildman–Crippen LogP) is 1.42. The first-order valence-corrected chi connectivity index (χ1v) is 6.08. The normalized spacial score (nSPS) is 11.2. The van der Waals surface area contributed by atoms with E-state index < -0.39 is 0 Å². The maximum Gasteiger partial charge on any atom is 0.191 e. The zero-order chi connectivity index (χ0) is 12.8. The molecule has 19 heavy (non-hydrogen) atoms. The zero-order valence-electron chi connectivity index (χ0n) is 11.1. The molecule has 0 saturated heterocycles. The predicted molar refractivity (Wildman–Crippen MR) is 86.9 cm³/mol. The minimum Gasteiger partial charge on any atom is -0.356 e. The average Bonchev–Trinajstić information content (AvgIpc) is 2.82. The molecule has 2 aromatic rings. The van der Waals surface area contributed by atoms with E-state index in [-0.39, 0.29) is 24.0 Å². The van der Waals surface area contributed by atoms with Crippen LogP contribution in [0.3, 0.4) is 0 Å². The molecule has 0 atom stereocenters. The van der Waals surface area contributed by atoms with Crippen LogP contribution in [0.2, 0.25) is 0 Å². The fourth-order valence-corrected chi connectivity index (χ4v) is 1.64. The summed E-state index contributed by atoms with van der Waals surface area (Å²) < 4.78 is 1.96. The molecular weight excluding hydrogens is 355 g/mol. The zero-order valence-corrected chi connectivity index (χ0v) is 13.5. The van der Waals surface area contributed by atoms with Gasteiger partial charge in [-0.25, -0.2) is 0 Å². The molecule has 2 N–H and O–H groups in total. The van der Waals surface area contributed by atoms with Crippen LogP contribution >= 0.6 is 24.0 Å². The van der Waals surface area contributed by atoms with Gasteiger partial charge in [-0.15, -0.1) is 34.2 Å². The van der Waals surface area contributed by atoms with E-state index in [4.69, 9.17) is 0 Å².